The monoisotopic (exact) mass is 472 g/mol. The van der Waals surface area contributed by atoms with Crippen molar-refractivity contribution in [2.75, 3.05) is 9.96 Å². The third-order valence-electron chi connectivity index (χ3n) is 5.51. The molecule has 0 aromatic heterocycles. The molecule has 3 aromatic rings. The van der Waals surface area contributed by atoms with Gasteiger partial charge in [0, 0.05) is 5.02 Å². The van der Waals surface area contributed by atoms with Gasteiger partial charge >= 0.3 is 0 Å². The Labute approximate surface area is 193 Å². The van der Waals surface area contributed by atoms with Crippen LogP contribution in [0, 0.1) is 5.92 Å². The molecule has 0 bridgehead atoms. The van der Waals surface area contributed by atoms with Gasteiger partial charge in [-0.25, -0.2) is 9.96 Å². The van der Waals surface area contributed by atoms with E-state index in [9.17, 15) is 9.59 Å². The van der Waals surface area contributed by atoms with Gasteiger partial charge in [-0.05, 0) is 35.9 Å². The molecule has 0 spiro atoms. The van der Waals surface area contributed by atoms with Gasteiger partial charge in [-0.15, -0.1) is 0 Å². The third-order valence-corrected chi connectivity index (χ3v) is 6.47. The molecule has 2 aliphatic heterocycles. The number of carbonyl (C=O) groups excluding carboxylic acids is 2. The first kappa shape index (κ1) is 20.3. The van der Waals surface area contributed by atoms with E-state index in [1.54, 1.807) is 29.3 Å². The zero-order valence-corrected chi connectivity index (χ0v) is 18.2. The molecular formula is C23H15Cl3N2O3. The molecule has 0 unspecified atom stereocenters. The summed E-state index contributed by atoms with van der Waals surface area (Å²) in [6.45, 7) is 0. The Morgan fingerprint density at radius 2 is 1.32 bits per heavy atom. The summed E-state index contributed by atoms with van der Waals surface area (Å²) in [6, 6.07) is 20.7. The number of amides is 2. The fourth-order valence-corrected chi connectivity index (χ4v) is 4.98. The van der Waals surface area contributed by atoms with Gasteiger partial charge in [0.05, 0.1) is 27.5 Å². The zero-order chi connectivity index (χ0) is 21.7. The minimum atomic E-state index is -1.03. The smallest absolute Gasteiger partial charge is 0.266 e. The summed E-state index contributed by atoms with van der Waals surface area (Å²) >= 11 is 19.1. The van der Waals surface area contributed by atoms with Crippen LogP contribution in [-0.4, -0.2) is 17.9 Å². The minimum Gasteiger partial charge on any atom is -0.273 e. The van der Waals surface area contributed by atoms with Crippen LogP contribution in [0.15, 0.2) is 72.8 Å². The lowest BCUT2D eigenvalue weighted by atomic mass is 9.90. The Morgan fingerprint density at radius 3 is 2.00 bits per heavy atom. The molecule has 5 nitrogen and oxygen atoms in total. The fraction of sp³-hybridized carbons (Fsp3) is 0.130. The molecule has 0 aliphatic carbocycles. The van der Waals surface area contributed by atoms with Gasteiger partial charge in [0.25, 0.3) is 5.91 Å². The highest BCUT2D eigenvalue weighted by Gasteiger charge is 2.61. The molecule has 0 radical (unpaired) electrons. The fourth-order valence-electron chi connectivity index (χ4n) is 4.17. The Kier molecular flexibility index (Phi) is 5.15. The van der Waals surface area contributed by atoms with Crippen LogP contribution in [0.3, 0.4) is 0 Å². The van der Waals surface area contributed by atoms with Crippen LogP contribution in [0.25, 0.3) is 0 Å². The molecule has 2 fully saturated rings. The summed E-state index contributed by atoms with van der Waals surface area (Å²) in [7, 11) is 0. The lowest BCUT2D eigenvalue weighted by molar-refractivity contribution is -0.126. The van der Waals surface area contributed by atoms with E-state index in [1.165, 1.54) is 0 Å². The number of benzene rings is 3. The Balaban J connectivity index is 1.64. The highest BCUT2D eigenvalue weighted by molar-refractivity contribution is 6.42. The molecule has 2 amide bonds. The van der Waals surface area contributed by atoms with Crippen LogP contribution >= 0.6 is 34.8 Å². The standard InChI is InChI=1S/C23H15Cl3N2O3/c24-15-10-5-4-9-14(15)19-18-21(31-28(19)13-7-2-1-3-8-13)23(30)27(22(18)29)20-16(25)11-6-12-17(20)26/h1-12,18-19,21H/t18-,19-,21+/m0/s1. The Bertz CT molecular complexity index is 1170. The van der Waals surface area contributed by atoms with E-state index in [0.29, 0.717) is 16.3 Å². The van der Waals surface area contributed by atoms with E-state index < -0.39 is 29.9 Å². The number of fused-ring (bicyclic) bond motifs is 1. The van der Waals surface area contributed by atoms with Crippen molar-refractivity contribution in [3.63, 3.8) is 0 Å². The average molecular weight is 474 g/mol. The van der Waals surface area contributed by atoms with Gasteiger partial charge in [-0.3, -0.25) is 14.4 Å². The number of imide groups is 1. The van der Waals surface area contributed by atoms with Crippen molar-refractivity contribution in [1.29, 1.82) is 0 Å². The van der Waals surface area contributed by atoms with Crippen molar-refractivity contribution in [2.45, 2.75) is 12.1 Å². The van der Waals surface area contributed by atoms with E-state index in [-0.39, 0.29) is 15.7 Å². The molecule has 5 rings (SSSR count). The van der Waals surface area contributed by atoms with E-state index >= 15 is 0 Å². The highest BCUT2D eigenvalue weighted by Crippen LogP contribution is 2.50. The number of hydrogen-bond donors (Lipinski definition) is 0. The van der Waals surface area contributed by atoms with Gasteiger partial charge in [-0.1, -0.05) is 77.3 Å². The molecule has 156 valence electrons. The van der Waals surface area contributed by atoms with E-state index in [0.717, 1.165) is 4.90 Å². The van der Waals surface area contributed by atoms with Crippen molar-refractivity contribution >= 4 is 58.0 Å². The Hall–Kier alpha value is -2.57. The zero-order valence-electron chi connectivity index (χ0n) is 15.9. The predicted octanol–water partition coefficient (Wildman–Crippen LogP) is 5.70. The maximum absolute atomic E-state index is 13.6. The summed E-state index contributed by atoms with van der Waals surface area (Å²) in [4.78, 5) is 34.1. The van der Waals surface area contributed by atoms with Crippen molar-refractivity contribution in [2.24, 2.45) is 5.92 Å². The quantitative estimate of drug-likeness (QED) is 0.458. The lowest BCUT2D eigenvalue weighted by Gasteiger charge is -2.29. The maximum Gasteiger partial charge on any atom is 0.266 e. The van der Waals surface area contributed by atoms with Gasteiger partial charge < -0.3 is 0 Å². The van der Waals surface area contributed by atoms with Crippen LogP contribution in [0.4, 0.5) is 11.4 Å². The first-order valence-corrected chi connectivity index (χ1v) is 10.7. The molecule has 31 heavy (non-hydrogen) atoms. The summed E-state index contributed by atoms with van der Waals surface area (Å²) in [6.07, 6.45) is -1.03. The molecule has 2 heterocycles. The van der Waals surface area contributed by atoms with Crippen molar-refractivity contribution in [1.82, 2.24) is 0 Å². The van der Waals surface area contributed by atoms with Crippen LogP contribution in [0.1, 0.15) is 11.6 Å². The summed E-state index contributed by atoms with van der Waals surface area (Å²) in [5, 5.41) is 2.50. The topological polar surface area (TPSA) is 49.9 Å². The van der Waals surface area contributed by atoms with Crippen molar-refractivity contribution in [3.05, 3.63) is 93.4 Å². The summed E-state index contributed by atoms with van der Waals surface area (Å²) in [5.74, 6) is -1.77. The number of nitrogens with zero attached hydrogens (tertiary/aromatic N) is 2. The molecule has 2 saturated heterocycles. The molecule has 3 atom stereocenters. The van der Waals surface area contributed by atoms with Gasteiger partial charge in [0.2, 0.25) is 5.91 Å². The minimum absolute atomic E-state index is 0.169. The van der Waals surface area contributed by atoms with Crippen LogP contribution in [-0.2, 0) is 14.4 Å². The molecule has 8 heteroatoms. The van der Waals surface area contributed by atoms with Crippen LogP contribution < -0.4 is 9.96 Å². The maximum atomic E-state index is 13.6. The third kappa shape index (κ3) is 3.20. The molecular weight excluding hydrogens is 459 g/mol. The highest BCUT2D eigenvalue weighted by atomic mass is 35.5. The second kappa shape index (κ2) is 7.84. The lowest BCUT2D eigenvalue weighted by Crippen LogP contribution is -2.37. The van der Waals surface area contributed by atoms with Crippen molar-refractivity contribution in [3.8, 4) is 0 Å². The van der Waals surface area contributed by atoms with Gasteiger partial charge in [-0.2, -0.15) is 0 Å². The molecule has 2 aliphatic rings. The summed E-state index contributed by atoms with van der Waals surface area (Å²) in [5.41, 5.74) is 1.57. The van der Waals surface area contributed by atoms with E-state index in [1.807, 2.05) is 48.5 Å². The van der Waals surface area contributed by atoms with Crippen LogP contribution in [0.5, 0.6) is 0 Å². The number of halogens is 3. The first-order valence-electron chi connectivity index (χ1n) is 9.56. The number of rotatable bonds is 3. The number of carbonyl (C=O) groups is 2. The van der Waals surface area contributed by atoms with Gasteiger partial charge in [0.1, 0.15) is 5.92 Å². The average Bonchev–Trinajstić information content (AvgIpc) is 3.26. The van der Waals surface area contributed by atoms with Gasteiger partial charge in [0.15, 0.2) is 6.10 Å². The number of hydroxylamine groups is 1. The molecule has 3 aromatic carbocycles. The number of hydrogen-bond acceptors (Lipinski definition) is 4. The van der Waals surface area contributed by atoms with Crippen LogP contribution in [0.2, 0.25) is 15.1 Å². The second-order valence-corrected chi connectivity index (χ2v) is 8.48. The summed E-state index contributed by atoms with van der Waals surface area (Å²) < 4.78 is 0. The van der Waals surface area contributed by atoms with E-state index in [2.05, 4.69) is 0 Å². The predicted molar refractivity (Wildman–Crippen MR) is 120 cm³/mol. The second-order valence-electron chi connectivity index (χ2n) is 7.26. The number of para-hydroxylation sites is 2. The van der Waals surface area contributed by atoms with E-state index in [4.69, 9.17) is 39.6 Å². The largest absolute Gasteiger partial charge is 0.273 e. The molecule has 0 saturated carbocycles. The SMILES string of the molecule is O=C1[C@@H]2[C@@H](ON(c3ccccc3)[C@H]2c2ccccc2Cl)C(=O)N1c1c(Cl)cccc1Cl. The first-order chi connectivity index (χ1) is 15.0. The van der Waals surface area contributed by atoms with Crippen molar-refractivity contribution < 1.29 is 14.4 Å². The number of anilines is 2. The normalized spacial score (nSPS) is 22.9. The molecule has 0 N–H and O–H groups in total. The Morgan fingerprint density at radius 1 is 0.710 bits per heavy atom.